The number of carbonyl (C=O) groups is 1. The van der Waals surface area contributed by atoms with Crippen LogP contribution in [0.2, 0.25) is 0 Å². The van der Waals surface area contributed by atoms with Crippen LogP contribution in [-0.2, 0) is 4.79 Å². The Morgan fingerprint density at radius 3 is 2.65 bits per heavy atom. The zero-order valence-corrected chi connectivity index (χ0v) is 9.33. The molecule has 1 aliphatic carbocycles. The molecule has 0 heterocycles. The molecule has 0 amide bonds. The molecule has 1 saturated carbocycles. The van der Waals surface area contributed by atoms with Gasteiger partial charge < -0.3 is 0 Å². The zero-order chi connectivity index (χ0) is 12.3. The Bertz CT molecular complexity index is 465. The number of hydrogen-bond donors (Lipinski definition) is 0. The standard InChI is InChI=1S/C13H13NO3/c15-13-11(7-4-8-12(13)14(16)17)9-10-5-2-1-3-6-10/h1-3,5-6,9,12H,4,7-8H2/b11-9+. The molecule has 1 fully saturated rings. The number of Topliss-reactive ketones (excluding diaryl/α,β-unsaturated/α-hetero) is 1. The number of ketones is 1. The topological polar surface area (TPSA) is 60.2 Å². The number of hydrogen-bond acceptors (Lipinski definition) is 3. The van der Waals surface area contributed by atoms with Gasteiger partial charge in [-0.2, -0.15) is 0 Å². The molecule has 0 aromatic heterocycles. The summed E-state index contributed by atoms with van der Waals surface area (Å²) in [6.07, 6.45) is 3.46. The highest BCUT2D eigenvalue weighted by molar-refractivity contribution is 6.02. The maximum atomic E-state index is 11.9. The second-order valence-corrected chi connectivity index (χ2v) is 4.14. The van der Waals surface area contributed by atoms with Crippen molar-refractivity contribution < 1.29 is 9.72 Å². The molecule has 0 spiro atoms. The molecule has 1 aliphatic rings. The van der Waals surface area contributed by atoms with Crippen LogP contribution in [0.3, 0.4) is 0 Å². The summed E-state index contributed by atoms with van der Waals surface area (Å²) in [4.78, 5) is 22.1. The van der Waals surface area contributed by atoms with Gasteiger partial charge in [0, 0.05) is 16.9 Å². The summed E-state index contributed by atoms with van der Waals surface area (Å²) in [7, 11) is 0. The summed E-state index contributed by atoms with van der Waals surface area (Å²) < 4.78 is 0. The Morgan fingerprint density at radius 1 is 1.29 bits per heavy atom. The first-order valence-corrected chi connectivity index (χ1v) is 5.62. The molecule has 0 bridgehead atoms. The van der Waals surface area contributed by atoms with Crippen molar-refractivity contribution in [3.63, 3.8) is 0 Å². The van der Waals surface area contributed by atoms with E-state index < -0.39 is 11.0 Å². The Labute approximate surface area is 99.1 Å². The van der Waals surface area contributed by atoms with E-state index in [1.165, 1.54) is 0 Å². The van der Waals surface area contributed by atoms with Crippen LogP contribution in [0.15, 0.2) is 35.9 Å². The van der Waals surface area contributed by atoms with Crippen LogP contribution < -0.4 is 0 Å². The lowest BCUT2D eigenvalue weighted by molar-refractivity contribution is -0.508. The summed E-state index contributed by atoms with van der Waals surface area (Å²) in [6.45, 7) is 0. The first-order valence-electron chi connectivity index (χ1n) is 5.62. The second kappa shape index (κ2) is 4.91. The molecule has 0 N–H and O–H groups in total. The molecule has 0 aliphatic heterocycles. The number of rotatable bonds is 2. The summed E-state index contributed by atoms with van der Waals surface area (Å²) >= 11 is 0. The molecule has 4 heteroatoms. The molecule has 0 saturated heterocycles. The van der Waals surface area contributed by atoms with Crippen molar-refractivity contribution in [1.82, 2.24) is 0 Å². The molecule has 2 rings (SSSR count). The van der Waals surface area contributed by atoms with E-state index in [0.717, 1.165) is 5.56 Å². The predicted octanol–water partition coefficient (Wildman–Crippen LogP) is 2.47. The van der Waals surface area contributed by atoms with Gasteiger partial charge in [-0.3, -0.25) is 14.9 Å². The lowest BCUT2D eigenvalue weighted by atomic mass is 9.88. The van der Waals surface area contributed by atoms with Crippen LogP contribution in [0.4, 0.5) is 0 Å². The number of benzene rings is 1. The van der Waals surface area contributed by atoms with Gasteiger partial charge in [0.05, 0.1) is 0 Å². The zero-order valence-electron chi connectivity index (χ0n) is 9.33. The van der Waals surface area contributed by atoms with Crippen molar-refractivity contribution in [3.8, 4) is 0 Å². The smallest absolute Gasteiger partial charge is 0.274 e. The van der Waals surface area contributed by atoms with E-state index in [4.69, 9.17) is 0 Å². The maximum Gasteiger partial charge on any atom is 0.274 e. The third kappa shape index (κ3) is 2.58. The van der Waals surface area contributed by atoms with Crippen LogP contribution >= 0.6 is 0 Å². The Morgan fingerprint density at radius 2 is 2.00 bits per heavy atom. The molecule has 88 valence electrons. The minimum absolute atomic E-state index is 0.329. The summed E-state index contributed by atoms with van der Waals surface area (Å²) in [5, 5.41) is 10.7. The predicted molar refractivity (Wildman–Crippen MR) is 64.1 cm³/mol. The summed E-state index contributed by atoms with van der Waals surface area (Å²) in [5.74, 6) is -0.329. The summed E-state index contributed by atoms with van der Waals surface area (Å²) in [5.41, 5.74) is 1.49. The van der Waals surface area contributed by atoms with E-state index in [2.05, 4.69) is 0 Å². The fourth-order valence-corrected chi connectivity index (χ4v) is 2.05. The van der Waals surface area contributed by atoms with Crippen molar-refractivity contribution in [3.05, 3.63) is 51.6 Å². The van der Waals surface area contributed by atoms with Gasteiger partial charge in [-0.1, -0.05) is 30.3 Å². The molecular weight excluding hydrogens is 218 g/mol. The van der Waals surface area contributed by atoms with Crippen LogP contribution in [0, 0.1) is 10.1 Å². The van der Waals surface area contributed by atoms with E-state index in [1.807, 2.05) is 30.3 Å². The number of nitrogens with zero attached hydrogens (tertiary/aromatic N) is 1. The lowest BCUT2D eigenvalue weighted by Gasteiger charge is -2.16. The number of carbonyl (C=O) groups excluding carboxylic acids is 1. The molecule has 1 aromatic carbocycles. The van der Waals surface area contributed by atoms with Gasteiger partial charge in [-0.25, -0.2) is 0 Å². The molecule has 1 atom stereocenters. The Kier molecular flexibility index (Phi) is 3.32. The first-order chi connectivity index (χ1) is 8.18. The fourth-order valence-electron chi connectivity index (χ4n) is 2.05. The third-order valence-corrected chi connectivity index (χ3v) is 2.94. The average molecular weight is 231 g/mol. The monoisotopic (exact) mass is 231 g/mol. The van der Waals surface area contributed by atoms with Gasteiger partial charge in [-0.05, 0) is 24.5 Å². The van der Waals surface area contributed by atoms with Gasteiger partial charge in [0.25, 0.3) is 6.04 Å². The molecule has 17 heavy (non-hydrogen) atoms. The van der Waals surface area contributed by atoms with Gasteiger partial charge >= 0.3 is 0 Å². The molecular formula is C13H13NO3. The highest BCUT2D eigenvalue weighted by Crippen LogP contribution is 2.24. The van der Waals surface area contributed by atoms with Gasteiger partial charge in [-0.15, -0.1) is 0 Å². The van der Waals surface area contributed by atoms with Crippen LogP contribution in [0.25, 0.3) is 6.08 Å². The SMILES string of the molecule is O=C1/C(=C/c2ccccc2)CCCC1[N+](=O)[O-]. The van der Waals surface area contributed by atoms with Crippen molar-refractivity contribution in [2.45, 2.75) is 25.3 Å². The van der Waals surface area contributed by atoms with Gasteiger partial charge in [0.15, 0.2) is 0 Å². The highest BCUT2D eigenvalue weighted by Gasteiger charge is 2.35. The van der Waals surface area contributed by atoms with E-state index >= 15 is 0 Å². The normalized spacial score (nSPS) is 22.7. The quantitative estimate of drug-likeness (QED) is 0.446. The minimum atomic E-state index is -1.04. The average Bonchev–Trinajstić information content (AvgIpc) is 2.33. The molecule has 1 aromatic rings. The molecule has 0 radical (unpaired) electrons. The van der Waals surface area contributed by atoms with Crippen molar-refractivity contribution in [2.75, 3.05) is 0 Å². The van der Waals surface area contributed by atoms with Gasteiger partial charge in [0.1, 0.15) is 0 Å². The minimum Gasteiger partial charge on any atom is -0.287 e. The largest absolute Gasteiger partial charge is 0.287 e. The molecule has 1 unspecified atom stereocenters. The van der Waals surface area contributed by atoms with Crippen LogP contribution in [-0.4, -0.2) is 16.7 Å². The number of nitro groups is 1. The second-order valence-electron chi connectivity index (χ2n) is 4.14. The van der Waals surface area contributed by atoms with Crippen molar-refractivity contribution in [1.29, 1.82) is 0 Å². The van der Waals surface area contributed by atoms with Crippen molar-refractivity contribution in [2.24, 2.45) is 0 Å². The van der Waals surface area contributed by atoms with E-state index in [0.29, 0.717) is 24.8 Å². The first kappa shape index (κ1) is 11.5. The highest BCUT2D eigenvalue weighted by atomic mass is 16.6. The van der Waals surface area contributed by atoms with Gasteiger partial charge in [0.2, 0.25) is 5.78 Å². The maximum absolute atomic E-state index is 11.9. The lowest BCUT2D eigenvalue weighted by Crippen LogP contribution is -2.33. The fraction of sp³-hybridized carbons (Fsp3) is 0.308. The Balaban J connectivity index is 2.24. The van der Waals surface area contributed by atoms with E-state index in [-0.39, 0.29) is 5.78 Å². The van der Waals surface area contributed by atoms with Crippen LogP contribution in [0.1, 0.15) is 24.8 Å². The van der Waals surface area contributed by atoms with Crippen molar-refractivity contribution >= 4 is 11.9 Å². The molecule has 4 nitrogen and oxygen atoms in total. The van der Waals surface area contributed by atoms with E-state index in [9.17, 15) is 14.9 Å². The third-order valence-electron chi connectivity index (χ3n) is 2.94. The Hall–Kier alpha value is -1.97. The van der Waals surface area contributed by atoms with E-state index in [1.54, 1.807) is 6.08 Å². The van der Waals surface area contributed by atoms with Crippen LogP contribution in [0.5, 0.6) is 0 Å². The summed E-state index contributed by atoms with van der Waals surface area (Å²) in [6, 6.07) is 8.38.